The van der Waals surface area contributed by atoms with Crippen LogP contribution in [0.4, 0.5) is 5.69 Å². The fourth-order valence-corrected chi connectivity index (χ4v) is 1.74. The molecule has 3 nitrogen and oxygen atoms in total. The summed E-state index contributed by atoms with van der Waals surface area (Å²) in [6.45, 7) is 6.97. The van der Waals surface area contributed by atoms with Gasteiger partial charge in [0.1, 0.15) is 0 Å². The average Bonchev–Trinajstić information content (AvgIpc) is 2.25. The Bertz CT molecular complexity index is 319. The number of nitrogens with zero attached hydrogens (tertiary/aromatic N) is 1. The standard InChI is InChI=1S/C14H23NO2/c1-11-4-6-14(7-5-11)15(10-13(3)17)9-8-12(2)16/h4-7,12-13,16-17H,8-10H2,1-3H3. The SMILES string of the molecule is Cc1ccc(N(CCC(C)O)CC(C)O)cc1. The maximum atomic E-state index is 9.50. The molecule has 0 aliphatic carbocycles. The van der Waals surface area contributed by atoms with E-state index in [1.54, 1.807) is 13.8 Å². The van der Waals surface area contributed by atoms with Crippen LogP contribution in [0.3, 0.4) is 0 Å². The first kappa shape index (κ1) is 14.0. The second kappa shape index (κ2) is 6.62. The average molecular weight is 237 g/mol. The van der Waals surface area contributed by atoms with Gasteiger partial charge >= 0.3 is 0 Å². The quantitative estimate of drug-likeness (QED) is 0.795. The Kier molecular flexibility index (Phi) is 5.45. The highest BCUT2D eigenvalue weighted by molar-refractivity contribution is 5.47. The number of aryl methyl sites for hydroxylation is 1. The molecule has 1 aromatic carbocycles. The third-order valence-corrected chi connectivity index (χ3v) is 2.70. The molecule has 0 aliphatic rings. The van der Waals surface area contributed by atoms with Gasteiger partial charge in [0.25, 0.3) is 0 Å². The van der Waals surface area contributed by atoms with Crippen molar-refractivity contribution in [1.82, 2.24) is 0 Å². The maximum Gasteiger partial charge on any atom is 0.0687 e. The second-order valence-corrected chi connectivity index (χ2v) is 4.77. The molecular weight excluding hydrogens is 214 g/mol. The summed E-state index contributed by atoms with van der Waals surface area (Å²) in [7, 11) is 0. The van der Waals surface area contributed by atoms with E-state index in [1.807, 2.05) is 0 Å². The minimum absolute atomic E-state index is 0.308. The number of aliphatic hydroxyl groups excluding tert-OH is 2. The highest BCUT2D eigenvalue weighted by Crippen LogP contribution is 2.16. The van der Waals surface area contributed by atoms with Gasteiger partial charge in [0.15, 0.2) is 0 Å². The molecule has 0 radical (unpaired) electrons. The molecule has 1 aromatic rings. The number of anilines is 1. The van der Waals surface area contributed by atoms with E-state index in [4.69, 9.17) is 0 Å². The molecule has 0 bridgehead atoms. The molecule has 1 rings (SSSR count). The van der Waals surface area contributed by atoms with Gasteiger partial charge in [-0.3, -0.25) is 0 Å². The van der Waals surface area contributed by atoms with E-state index >= 15 is 0 Å². The molecule has 3 heteroatoms. The van der Waals surface area contributed by atoms with Crippen LogP contribution < -0.4 is 4.90 Å². The zero-order valence-corrected chi connectivity index (χ0v) is 10.9. The Morgan fingerprint density at radius 1 is 1.06 bits per heavy atom. The van der Waals surface area contributed by atoms with Crippen molar-refractivity contribution in [1.29, 1.82) is 0 Å². The van der Waals surface area contributed by atoms with Gasteiger partial charge in [-0.15, -0.1) is 0 Å². The van der Waals surface area contributed by atoms with E-state index in [2.05, 4.69) is 36.1 Å². The Hall–Kier alpha value is -1.06. The van der Waals surface area contributed by atoms with Crippen molar-refractivity contribution in [3.05, 3.63) is 29.8 Å². The van der Waals surface area contributed by atoms with E-state index in [0.717, 1.165) is 12.2 Å². The first-order valence-electron chi connectivity index (χ1n) is 6.17. The smallest absolute Gasteiger partial charge is 0.0687 e. The van der Waals surface area contributed by atoms with E-state index < -0.39 is 0 Å². The monoisotopic (exact) mass is 237 g/mol. The molecule has 0 saturated heterocycles. The molecule has 0 saturated carbocycles. The zero-order valence-electron chi connectivity index (χ0n) is 10.9. The zero-order chi connectivity index (χ0) is 12.8. The van der Waals surface area contributed by atoms with Crippen LogP contribution in [-0.2, 0) is 0 Å². The topological polar surface area (TPSA) is 43.7 Å². The van der Waals surface area contributed by atoms with E-state index in [-0.39, 0.29) is 12.2 Å². The summed E-state index contributed by atoms with van der Waals surface area (Å²) >= 11 is 0. The van der Waals surface area contributed by atoms with Gasteiger partial charge < -0.3 is 15.1 Å². The van der Waals surface area contributed by atoms with E-state index in [0.29, 0.717) is 13.0 Å². The lowest BCUT2D eigenvalue weighted by Crippen LogP contribution is -2.33. The fourth-order valence-electron chi connectivity index (χ4n) is 1.74. The fraction of sp³-hybridized carbons (Fsp3) is 0.571. The molecule has 0 aromatic heterocycles. The van der Waals surface area contributed by atoms with Gasteiger partial charge in [-0.05, 0) is 39.3 Å². The van der Waals surface area contributed by atoms with Crippen LogP contribution in [0.1, 0.15) is 25.8 Å². The van der Waals surface area contributed by atoms with E-state index in [1.165, 1.54) is 5.56 Å². The predicted octanol–water partition coefficient (Wildman–Crippen LogP) is 1.95. The van der Waals surface area contributed by atoms with Crippen LogP contribution in [0.25, 0.3) is 0 Å². The van der Waals surface area contributed by atoms with Gasteiger partial charge in [0.05, 0.1) is 12.2 Å². The predicted molar refractivity (Wildman–Crippen MR) is 71.4 cm³/mol. The third-order valence-electron chi connectivity index (χ3n) is 2.70. The summed E-state index contributed by atoms with van der Waals surface area (Å²) < 4.78 is 0. The molecule has 17 heavy (non-hydrogen) atoms. The van der Waals surface area contributed by atoms with Crippen LogP contribution >= 0.6 is 0 Å². The highest BCUT2D eigenvalue weighted by Gasteiger charge is 2.10. The van der Waals surface area contributed by atoms with Crippen molar-refractivity contribution in [3.8, 4) is 0 Å². The van der Waals surface area contributed by atoms with Gasteiger partial charge in [-0.2, -0.15) is 0 Å². The van der Waals surface area contributed by atoms with Crippen molar-refractivity contribution < 1.29 is 10.2 Å². The van der Waals surface area contributed by atoms with Gasteiger partial charge in [-0.1, -0.05) is 17.7 Å². The second-order valence-electron chi connectivity index (χ2n) is 4.77. The van der Waals surface area contributed by atoms with Gasteiger partial charge in [-0.25, -0.2) is 0 Å². The molecule has 2 N–H and O–H groups in total. The number of aliphatic hydroxyl groups is 2. The van der Waals surface area contributed by atoms with Crippen molar-refractivity contribution >= 4 is 5.69 Å². The largest absolute Gasteiger partial charge is 0.393 e. The maximum absolute atomic E-state index is 9.50. The molecular formula is C14H23NO2. The summed E-state index contributed by atoms with van der Waals surface area (Å²) in [4.78, 5) is 2.11. The Balaban J connectivity index is 2.70. The van der Waals surface area contributed by atoms with Gasteiger partial charge in [0.2, 0.25) is 0 Å². The summed E-state index contributed by atoms with van der Waals surface area (Å²) in [5.74, 6) is 0. The van der Waals surface area contributed by atoms with Crippen LogP contribution in [0.5, 0.6) is 0 Å². The summed E-state index contributed by atoms with van der Waals surface area (Å²) in [5.41, 5.74) is 2.32. The highest BCUT2D eigenvalue weighted by atomic mass is 16.3. The Labute approximate surface area is 104 Å². The molecule has 0 aliphatic heterocycles. The molecule has 0 heterocycles. The number of benzene rings is 1. The van der Waals surface area contributed by atoms with Crippen molar-refractivity contribution in [2.75, 3.05) is 18.0 Å². The molecule has 2 unspecified atom stereocenters. The minimum atomic E-state index is -0.370. The molecule has 0 spiro atoms. The molecule has 0 amide bonds. The van der Waals surface area contributed by atoms with Crippen molar-refractivity contribution in [3.63, 3.8) is 0 Å². The van der Waals surface area contributed by atoms with Crippen molar-refractivity contribution in [2.45, 2.75) is 39.4 Å². The number of hydrogen-bond donors (Lipinski definition) is 2. The van der Waals surface area contributed by atoms with Crippen LogP contribution in [0.15, 0.2) is 24.3 Å². The Morgan fingerprint density at radius 3 is 2.12 bits per heavy atom. The van der Waals surface area contributed by atoms with Gasteiger partial charge in [0, 0.05) is 18.8 Å². The lowest BCUT2D eigenvalue weighted by molar-refractivity contribution is 0.178. The summed E-state index contributed by atoms with van der Waals surface area (Å²) in [5, 5.41) is 18.8. The summed E-state index contributed by atoms with van der Waals surface area (Å²) in [6.07, 6.45) is 0.0305. The Morgan fingerprint density at radius 2 is 1.65 bits per heavy atom. The van der Waals surface area contributed by atoms with Crippen LogP contribution in [0.2, 0.25) is 0 Å². The molecule has 0 fully saturated rings. The molecule has 96 valence electrons. The van der Waals surface area contributed by atoms with E-state index in [9.17, 15) is 10.2 Å². The lowest BCUT2D eigenvalue weighted by Gasteiger charge is -2.27. The lowest BCUT2D eigenvalue weighted by atomic mass is 10.2. The summed E-state index contributed by atoms with van der Waals surface area (Å²) in [6, 6.07) is 8.24. The normalized spacial score (nSPS) is 14.4. The van der Waals surface area contributed by atoms with Crippen molar-refractivity contribution in [2.24, 2.45) is 0 Å². The molecule has 2 atom stereocenters. The first-order valence-corrected chi connectivity index (χ1v) is 6.17. The number of rotatable bonds is 6. The van der Waals surface area contributed by atoms with Crippen LogP contribution in [-0.4, -0.2) is 35.5 Å². The number of hydrogen-bond acceptors (Lipinski definition) is 3. The minimum Gasteiger partial charge on any atom is -0.393 e. The first-order chi connectivity index (χ1) is 7.99. The van der Waals surface area contributed by atoms with Crippen LogP contribution in [0, 0.1) is 6.92 Å². The third kappa shape index (κ3) is 5.20.